The van der Waals surface area contributed by atoms with E-state index in [1.54, 1.807) is 24.6 Å². The van der Waals surface area contributed by atoms with Gasteiger partial charge in [0.05, 0.1) is 6.20 Å². The fourth-order valence-corrected chi connectivity index (χ4v) is 1.83. The summed E-state index contributed by atoms with van der Waals surface area (Å²) in [5.41, 5.74) is 3.10. The molecule has 0 saturated heterocycles. The third kappa shape index (κ3) is 1.98. The SMILES string of the molecule is Oc1ccc(-c2ccc(-c3ncco3)cc2)cc1. The van der Waals surface area contributed by atoms with Crippen molar-refractivity contribution in [3.05, 3.63) is 61.0 Å². The maximum absolute atomic E-state index is 9.25. The van der Waals surface area contributed by atoms with E-state index in [0.717, 1.165) is 16.7 Å². The standard InChI is InChI=1S/C15H11NO2/c17-14-7-5-12(6-8-14)11-1-3-13(4-2-11)15-16-9-10-18-15/h1-10,17H. The van der Waals surface area contributed by atoms with Gasteiger partial charge in [-0.05, 0) is 35.4 Å². The number of aromatic hydroxyl groups is 1. The minimum Gasteiger partial charge on any atom is -0.508 e. The van der Waals surface area contributed by atoms with Gasteiger partial charge in [-0.25, -0.2) is 4.98 Å². The molecule has 0 amide bonds. The molecule has 0 spiro atoms. The molecule has 18 heavy (non-hydrogen) atoms. The van der Waals surface area contributed by atoms with Gasteiger partial charge in [0, 0.05) is 5.56 Å². The molecule has 3 nitrogen and oxygen atoms in total. The summed E-state index contributed by atoms with van der Waals surface area (Å²) in [6.07, 6.45) is 3.19. The van der Waals surface area contributed by atoms with Crippen LogP contribution in [-0.2, 0) is 0 Å². The fraction of sp³-hybridized carbons (Fsp3) is 0. The molecule has 0 aliphatic heterocycles. The molecule has 2 aromatic carbocycles. The number of phenolic OH excluding ortho intramolecular Hbond substituents is 1. The first-order valence-corrected chi connectivity index (χ1v) is 5.62. The molecule has 88 valence electrons. The molecule has 0 radical (unpaired) electrons. The van der Waals surface area contributed by atoms with Gasteiger partial charge in [0.25, 0.3) is 0 Å². The Morgan fingerprint density at radius 3 is 1.89 bits per heavy atom. The fourth-order valence-electron chi connectivity index (χ4n) is 1.83. The molecule has 0 unspecified atom stereocenters. The maximum Gasteiger partial charge on any atom is 0.225 e. The summed E-state index contributed by atoms with van der Waals surface area (Å²) in [5.74, 6) is 0.891. The normalized spacial score (nSPS) is 10.4. The van der Waals surface area contributed by atoms with E-state index in [4.69, 9.17) is 4.42 Å². The zero-order valence-electron chi connectivity index (χ0n) is 9.58. The molecule has 0 saturated carbocycles. The molecular weight excluding hydrogens is 226 g/mol. The molecule has 0 aliphatic rings. The molecule has 1 heterocycles. The van der Waals surface area contributed by atoms with Crippen LogP contribution < -0.4 is 0 Å². The number of nitrogens with zero attached hydrogens (tertiary/aromatic N) is 1. The Morgan fingerprint density at radius 2 is 1.33 bits per heavy atom. The lowest BCUT2D eigenvalue weighted by molar-refractivity contribution is 0.475. The van der Waals surface area contributed by atoms with Crippen LogP contribution in [-0.4, -0.2) is 10.1 Å². The smallest absolute Gasteiger partial charge is 0.225 e. The minimum absolute atomic E-state index is 0.273. The van der Waals surface area contributed by atoms with Crippen molar-refractivity contribution in [2.75, 3.05) is 0 Å². The molecule has 0 atom stereocenters. The van der Waals surface area contributed by atoms with Crippen LogP contribution in [0, 0.1) is 0 Å². The summed E-state index contributed by atoms with van der Waals surface area (Å²) < 4.78 is 5.24. The number of oxazole rings is 1. The lowest BCUT2D eigenvalue weighted by atomic mass is 10.0. The highest BCUT2D eigenvalue weighted by atomic mass is 16.3. The van der Waals surface area contributed by atoms with E-state index in [2.05, 4.69) is 4.98 Å². The van der Waals surface area contributed by atoms with Crippen molar-refractivity contribution in [2.45, 2.75) is 0 Å². The lowest BCUT2D eigenvalue weighted by Crippen LogP contribution is -1.80. The lowest BCUT2D eigenvalue weighted by Gasteiger charge is -2.02. The molecular formula is C15H11NO2. The van der Waals surface area contributed by atoms with Crippen LogP contribution in [0.4, 0.5) is 0 Å². The molecule has 3 rings (SSSR count). The molecule has 3 heteroatoms. The van der Waals surface area contributed by atoms with Crippen molar-refractivity contribution in [2.24, 2.45) is 0 Å². The summed E-state index contributed by atoms with van der Waals surface area (Å²) in [6.45, 7) is 0. The van der Waals surface area contributed by atoms with Crippen LogP contribution in [0.2, 0.25) is 0 Å². The second-order valence-corrected chi connectivity index (χ2v) is 3.96. The Bertz CT molecular complexity index is 625. The third-order valence-electron chi connectivity index (χ3n) is 2.76. The molecule has 1 N–H and O–H groups in total. The summed E-state index contributed by atoms with van der Waals surface area (Å²) >= 11 is 0. The van der Waals surface area contributed by atoms with Crippen LogP contribution in [0.5, 0.6) is 5.75 Å². The molecule has 1 aromatic heterocycles. The van der Waals surface area contributed by atoms with Gasteiger partial charge in [0.15, 0.2) is 0 Å². The molecule has 0 bridgehead atoms. The summed E-state index contributed by atoms with van der Waals surface area (Å²) in [5, 5.41) is 9.25. The Labute approximate surface area is 104 Å². The quantitative estimate of drug-likeness (QED) is 0.739. The van der Waals surface area contributed by atoms with Gasteiger partial charge in [-0.2, -0.15) is 0 Å². The van der Waals surface area contributed by atoms with Crippen LogP contribution in [0.1, 0.15) is 0 Å². The van der Waals surface area contributed by atoms with Crippen molar-refractivity contribution < 1.29 is 9.52 Å². The summed E-state index contributed by atoms with van der Waals surface area (Å²) in [4.78, 5) is 4.10. The average molecular weight is 237 g/mol. The Kier molecular flexibility index (Phi) is 2.57. The Morgan fingerprint density at radius 1 is 0.778 bits per heavy atom. The second kappa shape index (κ2) is 4.37. The third-order valence-corrected chi connectivity index (χ3v) is 2.76. The highest BCUT2D eigenvalue weighted by Gasteiger charge is 2.03. The van der Waals surface area contributed by atoms with E-state index in [0.29, 0.717) is 5.89 Å². The zero-order chi connectivity index (χ0) is 12.4. The van der Waals surface area contributed by atoms with E-state index >= 15 is 0 Å². The van der Waals surface area contributed by atoms with Gasteiger partial charge >= 0.3 is 0 Å². The Balaban J connectivity index is 1.94. The van der Waals surface area contributed by atoms with E-state index in [-0.39, 0.29) is 5.75 Å². The van der Waals surface area contributed by atoms with Crippen molar-refractivity contribution >= 4 is 0 Å². The number of benzene rings is 2. The first kappa shape index (κ1) is 10.6. The minimum atomic E-state index is 0.273. The first-order valence-electron chi connectivity index (χ1n) is 5.62. The number of hydrogen-bond acceptors (Lipinski definition) is 3. The first-order chi connectivity index (χ1) is 8.83. The van der Waals surface area contributed by atoms with Crippen molar-refractivity contribution in [3.8, 4) is 28.3 Å². The van der Waals surface area contributed by atoms with Gasteiger partial charge in [-0.15, -0.1) is 0 Å². The highest BCUT2D eigenvalue weighted by Crippen LogP contribution is 2.25. The van der Waals surface area contributed by atoms with Gasteiger partial charge in [0.2, 0.25) is 5.89 Å². The van der Waals surface area contributed by atoms with E-state index in [9.17, 15) is 5.11 Å². The maximum atomic E-state index is 9.25. The van der Waals surface area contributed by atoms with Crippen molar-refractivity contribution in [3.63, 3.8) is 0 Å². The van der Waals surface area contributed by atoms with E-state index in [1.807, 2.05) is 36.4 Å². The van der Waals surface area contributed by atoms with Gasteiger partial charge in [-0.3, -0.25) is 0 Å². The van der Waals surface area contributed by atoms with Crippen LogP contribution >= 0.6 is 0 Å². The van der Waals surface area contributed by atoms with Crippen molar-refractivity contribution in [1.29, 1.82) is 0 Å². The number of aromatic nitrogens is 1. The number of rotatable bonds is 2. The summed E-state index contributed by atoms with van der Waals surface area (Å²) in [7, 11) is 0. The summed E-state index contributed by atoms with van der Waals surface area (Å²) in [6, 6.07) is 15.1. The van der Waals surface area contributed by atoms with Gasteiger partial charge < -0.3 is 9.52 Å². The largest absolute Gasteiger partial charge is 0.508 e. The van der Waals surface area contributed by atoms with Crippen LogP contribution in [0.25, 0.3) is 22.6 Å². The predicted octanol–water partition coefficient (Wildman–Crippen LogP) is 3.71. The molecule has 0 fully saturated rings. The molecule has 3 aromatic rings. The van der Waals surface area contributed by atoms with Gasteiger partial charge in [-0.1, -0.05) is 24.3 Å². The van der Waals surface area contributed by atoms with E-state index < -0.39 is 0 Å². The van der Waals surface area contributed by atoms with Gasteiger partial charge in [0.1, 0.15) is 12.0 Å². The van der Waals surface area contributed by atoms with Crippen LogP contribution in [0.3, 0.4) is 0 Å². The zero-order valence-corrected chi connectivity index (χ0v) is 9.58. The molecule has 0 aliphatic carbocycles. The van der Waals surface area contributed by atoms with Crippen LogP contribution in [0.15, 0.2) is 65.4 Å². The monoisotopic (exact) mass is 237 g/mol. The highest BCUT2D eigenvalue weighted by molar-refractivity contribution is 5.67. The Hall–Kier alpha value is -2.55. The van der Waals surface area contributed by atoms with E-state index in [1.165, 1.54) is 0 Å². The van der Waals surface area contributed by atoms with Crippen molar-refractivity contribution in [1.82, 2.24) is 4.98 Å². The second-order valence-electron chi connectivity index (χ2n) is 3.96. The average Bonchev–Trinajstić information content (AvgIpc) is 2.94. The number of hydrogen-bond donors (Lipinski definition) is 1. The topological polar surface area (TPSA) is 46.3 Å². The predicted molar refractivity (Wildman–Crippen MR) is 69.0 cm³/mol. The number of phenols is 1.